The molecule has 1 aromatic heterocycles. The first-order valence-corrected chi connectivity index (χ1v) is 8.48. The van der Waals surface area contributed by atoms with Gasteiger partial charge in [0.25, 0.3) is 5.91 Å². The van der Waals surface area contributed by atoms with Crippen molar-refractivity contribution in [3.63, 3.8) is 0 Å². The molecule has 0 aliphatic carbocycles. The highest BCUT2D eigenvalue weighted by molar-refractivity contribution is 9.10. The van der Waals surface area contributed by atoms with Crippen LogP contribution in [0.4, 0.5) is 5.69 Å². The van der Waals surface area contributed by atoms with E-state index in [-0.39, 0.29) is 30.0 Å². The van der Waals surface area contributed by atoms with E-state index in [0.717, 1.165) is 5.69 Å². The molecule has 0 radical (unpaired) electrons. The summed E-state index contributed by atoms with van der Waals surface area (Å²) in [6.45, 7) is 3.89. The number of carbonyl (C=O) groups is 2. The Balaban J connectivity index is 2.03. The van der Waals surface area contributed by atoms with E-state index in [1.807, 2.05) is 13.8 Å². The van der Waals surface area contributed by atoms with Crippen LogP contribution in [0.15, 0.2) is 28.7 Å². The van der Waals surface area contributed by atoms with E-state index >= 15 is 0 Å². The van der Waals surface area contributed by atoms with Crippen LogP contribution >= 0.6 is 15.9 Å². The zero-order valence-corrected chi connectivity index (χ0v) is 15.8. The highest BCUT2D eigenvalue weighted by atomic mass is 79.9. The lowest BCUT2D eigenvalue weighted by atomic mass is 10.1. The summed E-state index contributed by atoms with van der Waals surface area (Å²) in [6.07, 6.45) is 5.34. The van der Waals surface area contributed by atoms with Crippen molar-refractivity contribution in [2.75, 3.05) is 18.9 Å². The first-order valence-electron chi connectivity index (χ1n) is 7.69. The number of carbonyl (C=O) groups excluding carboxylic acids is 2. The van der Waals surface area contributed by atoms with Crippen LogP contribution in [0, 0.1) is 12.3 Å². The average molecular weight is 403 g/mol. The van der Waals surface area contributed by atoms with Crippen molar-refractivity contribution in [3.8, 4) is 12.3 Å². The number of terminal acetylenes is 1. The quantitative estimate of drug-likeness (QED) is 0.754. The van der Waals surface area contributed by atoms with Crippen LogP contribution in [0.3, 0.4) is 0 Å². The highest BCUT2D eigenvalue weighted by Crippen LogP contribution is 2.26. The number of rotatable bonds is 5. The Hall–Kier alpha value is -2.59. The van der Waals surface area contributed by atoms with Gasteiger partial charge in [0.1, 0.15) is 0 Å². The molecule has 2 amide bonds. The lowest BCUT2D eigenvalue weighted by Gasteiger charge is -2.16. The number of anilines is 1. The molecule has 1 heterocycles. The number of amides is 2. The molecule has 0 fully saturated rings. The molecule has 0 saturated heterocycles. The number of halogens is 1. The van der Waals surface area contributed by atoms with Crippen LogP contribution in [0.25, 0.3) is 0 Å². The molecular formula is C18H19BrN4O2. The Labute approximate surface area is 155 Å². The zero-order valence-electron chi connectivity index (χ0n) is 14.3. The summed E-state index contributed by atoms with van der Waals surface area (Å²) in [5.41, 5.74) is 2.36. The molecule has 0 saturated carbocycles. The monoisotopic (exact) mass is 402 g/mol. The smallest absolute Gasteiger partial charge is 0.275 e. The molecule has 6 nitrogen and oxygen atoms in total. The van der Waals surface area contributed by atoms with E-state index in [1.54, 1.807) is 31.3 Å². The molecule has 2 N–H and O–H groups in total. The van der Waals surface area contributed by atoms with Gasteiger partial charge in [0.05, 0.1) is 16.7 Å². The normalized spacial score (nSPS) is 10.4. The fraction of sp³-hybridized carbons (Fsp3) is 0.278. The van der Waals surface area contributed by atoms with E-state index in [4.69, 9.17) is 6.42 Å². The molecule has 25 heavy (non-hydrogen) atoms. The van der Waals surface area contributed by atoms with Gasteiger partial charge in [-0.15, -0.1) is 6.42 Å². The number of nitrogens with zero attached hydrogens (tertiary/aromatic N) is 2. The summed E-state index contributed by atoms with van der Waals surface area (Å²) in [5, 5.41) is 9.63. The summed E-state index contributed by atoms with van der Waals surface area (Å²) in [7, 11) is 1.55. The van der Waals surface area contributed by atoms with Crippen molar-refractivity contribution in [3.05, 3.63) is 45.7 Å². The fourth-order valence-electron chi connectivity index (χ4n) is 2.22. The van der Waals surface area contributed by atoms with Crippen molar-refractivity contribution in [2.45, 2.75) is 19.8 Å². The molecule has 0 bridgehead atoms. The summed E-state index contributed by atoms with van der Waals surface area (Å²) < 4.78 is 0.626. The first-order chi connectivity index (χ1) is 11.8. The minimum absolute atomic E-state index is 0.102. The summed E-state index contributed by atoms with van der Waals surface area (Å²) >= 11 is 3.40. The number of likely N-dealkylation sites (N-methyl/N-ethyl adjacent to an activating group) is 1. The summed E-state index contributed by atoms with van der Waals surface area (Å²) in [6, 6.07) is 6.96. The largest absolute Gasteiger partial charge is 0.331 e. The molecule has 130 valence electrons. The minimum Gasteiger partial charge on any atom is -0.331 e. The van der Waals surface area contributed by atoms with Gasteiger partial charge in [0.2, 0.25) is 5.91 Å². The van der Waals surface area contributed by atoms with Crippen molar-refractivity contribution < 1.29 is 9.59 Å². The maximum absolute atomic E-state index is 12.5. The molecule has 1 aromatic carbocycles. The maximum Gasteiger partial charge on any atom is 0.275 e. The standard InChI is InChI=1S/C18H19BrN4O2/c1-5-12-7-6-8-13(9-12)20-14(24)10-23(4)18(25)17-15(19)16(11(2)3)21-22-17/h1,6-9,11H,10H2,2-4H3,(H,20,24)(H,21,22). The molecule has 0 spiro atoms. The van der Waals surface area contributed by atoms with Gasteiger partial charge in [0, 0.05) is 18.3 Å². The van der Waals surface area contributed by atoms with Gasteiger partial charge >= 0.3 is 0 Å². The lowest BCUT2D eigenvalue weighted by Crippen LogP contribution is -2.35. The van der Waals surface area contributed by atoms with Crippen LogP contribution in [-0.2, 0) is 4.79 Å². The number of H-pyrrole nitrogens is 1. The van der Waals surface area contributed by atoms with Crippen LogP contribution in [0.1, 0.15) is 41.5 Å². The number of nitrogens with one attached hydrogen (secondary N) is 2. The Morgan fingerprint density at radius 3 is 2.76 bits per heavy atom. The van der Waals surface area contributed by atoms with Crippen molar-refractivity contribution in [1.82, 2.24) is 15.1 Å². The Bertz CT molecular complexity index is 836. The second-order valence-electron chi connectivity index (χ2n) is 5.89. The van der Waals surface area contributed by atoms with Gasteiger partial charge in [0.15, 0.2) is 5.69 Å². The minimum atomic E-state index is -0.345. The summed E-state index contributed by atoms with van der Waals surface area (Å²) in [4.78, 5) is 26.0. The Morgan fingerprint density at radius 2 is 2.16 bits per heavy atom. The third-order valence-electron chi connectivity index (χ3n) is 3.55. The number of hydrogen-bond acceptors (Lipinski definition) is 3. The number of hydrogen-bond donors (Lipinski definition) is 2. The molecule has 2 rings (SSSR count). The predicted molar refractivity (Wildman–Crippen MR) is 100 cm³/mol. The molecular weight excluding hydrogens is 384 g/mol. The van der Waals surface area contributed by atoms with Gasteiger partial charge in [-0.1, -0.05) is 25.8 Å². The van der Waals surface area contributed by atoms with Crippen molar-refractivity contribution in [2.24, 2.45) is 0 Å². The molecule has 2 aromatic rings. The van der Waals surface area contributed by atoms with Gasteiger partial charge in [-0.2, -0.15) is 5.10 Å². The number of benzene rings is 1. The third-order valence-corrected chi connectivity index (χ3v) is 4.36. The van der Waals surface area contributed by atoms with Gasteiger partial charge in [-0.05, 0) is 40.0 Å². The van der Waals surface area contributed by atoms with Gasteiger partial charge in [-0.25, -0.2) is 0 Å². The van der Waals surface area contributed by atoms with E-state index < -0.39 is 0 Å². The van der Waals surface area contributed by atoms with E-state index in [2.05, 4.69) is 37.4 Å². The van der Waals surface area contributed by atoms with E-state index in [1.165, 1.54) is 4.90 Å². The van der Waals surface area contributed by atoms with E-state index in [9.17, 15) is 9.59 Å². The molecule has 0 atom stereocenters. The lowest BCUT2D eigenvalue weighted by molar-refractivity contribution is -0.116. The van der Waals surface area contributed by atoms with Crippen molar-refractivity contribution in [1.29, 1.82) is 0 Å². The summed E-state index contributed by atoms with van der Waals surface area (Å²) in [5.74, 6) is 2.04. The van der Waals surface area contributed by atoms with Crippen LogP contribution in [0.2, 0.25) is 0 Å². The molecule has 0 unspecified atom stereocenters. The second kappa shape index (κ2) is 7.99. The highest BCUT2D eigenvalue weighted by Gasteiger charge is 2.23. The maximum atomic E-state index is 12.5. The number of aromatic amines is 1. The fourth-order valence-corrected chi connectivity index (χ4v) is 3.03. The number of aromatic nitrogens is 2. The Kier molecular flexibility index (Phi) is 5.99. The molecule has 0 aliphatic rings. The van der Waals surface area contributed by atoms with Crippen LogP contribution in [0.5, 0.6) is 0 Å². The first kappa shape index (κ1) is 18.7. The van der Waals surface area contributed by atoms with Crippen molar-refractivity contribution >= 4 is 33.4 Å². The SMILES string of the molecule is C#Cc1cccc(NC(=O)CN(C)C(=O)c2n[nH]c(C(C)C)c2Br)c1. The second-order valence-corrected chi connectivity index (χ2v) is 6.68. The van der Waals surface area contributed by atoms with Crippen LogP contribution < -0.4 is 5.32 Å². The van der Waals surface area contributed by atoms with E-state index in [0.29, 0.717) is 15.7 Å². The van der Waals surface area contributed by atoms with Crippen LogP contribution in [-0.4, -0.2) is 40.5 Å². The average Bonchev–Trinajstić information content (AvgIpc) is 2.95. The van der Waals surface area contributed by atoms with Gasteiger partial charge < -0.3 is 10.2 Å². The van der Waals surface area contributed by atoms with Gasteiger partial charge in [-0.3, -0.25) is 14.7 Å². The molecule has 0 aliphatic heterocycles. The predicted octanol–water partition coefficient (Wildman–Crippen LogP) is 2.99. The zero-order chi connectivity index (χ0) is 18.6. The Morgan fingerprint density at radius 1 is 1.44 bits per heavy atom. The molecule has 7 heteroatoms. The topological polar surface area (TPSA) is 78.1 Å². The third kappa shape index (κ3) is 4.48.